The summed E-state index contributed by atoms with van der Waals surface area (Å²) in [6.07, 6.45) is 0.675. The molecule has 6 heteroatoms. The number of aliphatic carboxylic acids is 1. The highest BCUT2D eigenvalue weighted by molar-refractivity contribution is 9.10. The van der Waals surface area contributed by atoms with Crippen LogP contribution in [0.3, 0.4) is 0 Å². The summed E-state index contributed by atoms with van der Waals surface area (Å²) in [5.74, 6) is -1.16. The van der Waals surface area contributed by atoms with Crippen LogP contribution in [0.15, 0.2) is 28.7 Å². The fraction of sp³-hybridized carbons (Fsp3) is 0.385. The van der Waals surface area contributed by atoms with Gasteiger partial charge >= 0.3 is 12.0 Å². The maximum absolute atomic E-state index is 11.8. The molecule has 0 saturated heterocycles. The maximum atomic E-state index is 11.8. The number of anilines is 1. The molecule has 0 aliphatic heterocycles. The molecule has 0 spiro atoms. The first-order valence-electron chi connectivity index (χ1n) is 6.00. The Bertz CT molecular complexity index is 465. The summed E-state index contributed by atoms with van der Waals surface area (Å²) in [6.45, 7) is 3.67. The van der Waals surface area contributed by atoms with Gasteiger partial charge in [-0.05, 0) is 24.1 Å². The third-order valence-corrected chi connectivity index (χ3v) is 3.34. The monoisotopic (exact) mass is 328 g/mol. The lowest BCUT2D eigenvalue weighted by atomic mass is 9.99. The molecule has 1 rings (SSSR count). The van der Waals surface area contributed by atoms with Crippen molar-refractivity contribution >= 4 is 33.6 Å². The zero-order valence-electron chi connectivity index (χ0n) is 10.8. The molecule has 0 bridgehead atoms. The summed E-state index contributed by atoms with van der Waals surface area (Å²) in [5.41, 5.74) is 0.597. The molecular weight excluding hydrogens is 312 g/mol. The Labute approximate surface area is 120 Å². The van der Waals surface area contributed by atoms with Crippen molar-refractivity contribution in [3.63, 3.8) is 0 Å². The fourth-order valence-corrected chi connectivity index (χ4v) is 1.96. The third kappa shape index (κ3) is 4.90. The second-order valence-corrected chi connectivity index (χ2v) is 5.23. The van der Waals surface area contributed by atoms with Crippen LogP contribution in [0, 0.1) is 5.92 Å². The van der Waals surface area contributed by atoms with Crippen molar-refractivity contribution in [2.24, 2.45) is 5.92 Å². The number of carboxylic acid groups (broad SMARTS) is 1. The number of nitrogens with one attached hydrogen (secondary N) is 2. The molecule has 104 valence electrons. The minimum Gasteiger partial charge on any atom is -0.480 e. The summed E-state index contributed by atoms with van der Waals surface area (Å²) in [6, 6.07) is 5.66. The quantitative estimate of drug-likeness (QED) is 0.777. The first-order valence-corrected chi connectivity index (χ1v) is 6.79. The van der Waals surface area contributed by atoms with Gasteiger partial charge in [-0.2, -0.15) is 0 Å². The van der Waals surface area contributed by atoms with E-state index >= 15 is 0 Å². The number of urea groups is 1. The van der Waals surface area contributed by atoms with Gasteiger partial charge in [0.25, 0.3) is 0 Å². The van der Waals surface area contributed by atoms with Crippen LogP contribution >= 0.6 is 15.9 Å². The highest BCUT2D eigenvalue weighted by Crippen LogP contribution is 2.15. The number of carbonyl (C=O) groups is 2. The number of rotatable bonds is 5. The van der Waals surface area contributed by atoms with Gasteiger partial charge in [-0.3, -0.25) is 0 Å². The van der Waals surface area contributed by atoms with Crippen LogP contribution in [0.4, 0.5) is 10.5 Å². The molecule has 0 radical (unpaired) electrons. The average molecular weight is 329 g/mol. The van der Waals surface area contributed by atoms with Gasteiger partial charge in [0.15, 0.2) is 0 Å². The van der Waals surface area contributed by atoms with Crippen LogP contribution in [-0.4, -0.2) is 23.1 Å². The van der Waals surface area contributed by atoms with Gasteiger partial charge < -0.3 is 15.7 Å². The molecule has 1 aromatic rings. The third-order valence-electron chi connectivity index (χ3n) is 2.85. The van der Waals surface area contributed by atoms with Crippen molar-refractivity contribution in [1.29, 1.82) is 0 Å². The van der Waals surface area contributed by atoms with Gasteiger partial charge in [-0.15, -0.1) is 0 Å². The van der Waals surface area contributed by atoms with Crippen molar-refractivity contribution in [1.82, 2.24) is 5.32 Å². The zero-order valence-corrected chi connectivity index (χ0v) is 12.4. The Kier molecular flexibility index (Phi) is 5.82. The Hall–Kier alpha value is -1.56. The summed E-state index contributed by atoms with van der Waals surface area (Å²) >= 11 is 3.29. The van der Waals surface area contributed by atoms with Gasteiger partial charge in [-0.1, -0.05) is 42.3 Å². The molecule has 2 atom stereocenters. The van der Waals surface area contributed by atoms with Crippen LogP contribution < -0.4 is 10.6 Å². The second kappa shape index (κ2) is 7.13. The van der Waals surface area contributed by atoms with E-state index < -0.39 is 18.0 Å². The number of amides is 2. The number of carboxylic acids is 1. The molecule has 0 heterocycles. The van der Waals surface area contributed by atoms with Crippen molar-refractivity contribution in [2.75, 3.05) is 5.32 Å². The van der Waals surface area contributed by atoms with Gasteiger partial charge in [0, 0.05) is 10.2 Å². The van der Waals surface area contributed by atoms with Gasteiger partial charge in [0.2, 0.25) is 0 Å². The van der Waals surface area contributed by atoms with E-state index in [1.807, 2.05) is 13.0 Å². The molecule has 0 aliphatic carbocycles. The smallest absolute Gasteiger partial charge is 0.326 e. The average Bonchev–Trinajstić information content (AvgIpc) is 2.34. The van der Waals surface area contributed by atoms with E-state index in [4.69, 9.17) is 5.11 Å². The Morgan fingerprint density at radius 2 is 2.11 bits per heavy atom. The minimum absolute atomic E-state index is 0.134. The maximum Gasteiger partial charge on any atom is 0.326 e. The zero-order chi connectivity index (χ0) is 14.4. The number of hydrogen-bond acceptors (Lipinski definition) is 2. The van der Waals surface area contributed by atoms with E-state index in [9.17, 15) is 9.59 Å². The van der Waals surface area contributed by atoms with E-state index in [1.165, 1.54) is 0 Å². The van der Waals surface area contributed by atoms with Gasteiger partial charge in [-0.25, -0.2) is 9.59 Å². The lowest BCUT2D eigenvalue weighted by molar-refractivity contribution is -0.140. The van der Waals surface area contributed by atoms with Crippen molar-refractivity contribution in [3.05, 3.63) is 28.7 Å². The Morgan fingerprint density at radius 3 is 2.63 bits per heavy atom. The molecule has 1 aromatic carbocycles. The van der Waals surface area contributed by atoms with E-state index in [1.54, 1.807) is 25.1 Å². The summed E-state index contributed by atoms with van der Waals surface area (Å²) in [7, 11) is 0. The first-order chi connectivity index (χ1) is 8.93. The number of hydrogen-bond donors (Lipinski definition) is 3. The number of halogens is 1. The van der Waals surface area contributed by atoms with Crippen LogP contribution in [0.25, 0.3) is 0 Å². The van der Waals surface area contributed by atoms with E-state index in [0.717, 1.165) is 4.47 Å². The molecular formula is C13H17BrN2O3. The van der Waals surface area contributed by atoms with Gasteiger partial charge in [0.1, 0.15) is 6.04 Å². The standard InChI is InChI=1S/C13H17BrN2O3/c1-3-8(2)11(12(17)18)16-13(19)15-10-6-4-5-9(14)7-10/h4-8,11H,3H2,1-2H3,(H,17,18)(H2,15,16,19)/t8?,11-/m0/s1. The molecule has 0 aliphatic rings. The second-order valence-electron chi connectivity index (χ2n) is 4.31. The molecule has 1 unspecified atom stereocenters. The summed E-state index contributed by atoms with van der Waals surface area (Å²) in [5, 5.41) is 14.2. The lowest BCUT2D eigenvalue weighted by Crippen LogP contribution is -2.46. The Morgan fingerprint density at radius 1 is 1.42 bits per heavy atom. The van der Waals surface area contributed by atoms with Crippen LogP contribution in [0.1, 0.15) is 20.3 Å². The predicted molar refractivity (Wildman–Crippen MR) is 77.2 cm³/mol. The van der Waals surface area contributed by atoms with Crippen LogP contribution in [0.2, 0.25) is 0 Å². The van der Waals surface area contributed by atoms with E-state index in [0.29, 0.717) is 12.1 Å². The molecule has 3 N–H and O–H groups in total. The summed E-state index contributed by atoms with van der Waals surface area (Å²) < 4.78 is 0.835. The fourth-order valence-electron chi connectivity index (χ4n) is 1.56. The first kappa shape index (κ1) is 15.5. The normalized spacial score (nSPS) is 13.4. The number of carbonyl (C=O) groups excluding carboxylic acids is 1. The highest BCUT2D eigenvalue weighted by atomic mass is 79.9. The SMILES string of the molecule is CCC(C)[C@H](NC(=O)Nc1cccc(Br)c1)C(=O)O. The van der Waals surface area contributed by atoms with Crippen molar-refractivity contribution in [2.45, 2.75) is 26.3 Å². The minimum atomic E-state index is -1.03. The molecule has 0 saturated carbocycles. The number of benzene rings is 1. The largest absolute Gasteiger partial charge is 0.480 e. The van der Waals surface area contributed by atoms with E-state index in [2.05, 4.69) is 26.6 Å². The molecule has 0 aromatic heterocycles. The van der Waals surface area contributed by atoms with Crippen molar-refractivity contribution < 1.29 is 14.7 Å². The molecule has 0 fully saturated rings. The predicted octanol–water partition coefficient (Wildman–Crippen LogP) is 3.07. The highest BCUT2D eigenvalue weighted by Gasteiger charge is 2.25. The van der Waals surface area contributed by atoms with Gasteiger partial charge in [0.05, 0.1) is 0 Å². The van der Waals surface area contributed by atoms with E-state index in [-0.39, 0.29) is 5.92 Å². The molecule has 5 nitrogen and oxygen atoms in total. The van der Waals surface area contributed by atoms with Crippen LogP contribution in [0.5, 0.6) is 0 Å². The van der Waals surface area contributed by atoms with Crippen LogP contribution in [-0.2, 0) is 4.79 Å². The Balaban J connectivity index is 2.65. The van der Waals surface area contributed by atoms with Crippen molar-refractivity contribution in [3.8, 4) is 0 Å². The topological polar surface area (TPSA) is 78.4 Å². The lowest BCUT2D eigenvalue weighted by Gasteiger charge is -2.20. The molecule has 19 heavy (non-hydrogen) atoms. The summed E-state index contributed by atoms with van der Waals surface area (Å²) in [4.78, 5) is 22.9. The molecule has 2 amide bonds.